The minimum atomic E-state index is -0.960. The van der Waals surface area contributed by atoms with E-state index in [-0.39, 0.29) is 5.91 Å². The van der Waals surface area contributed by atoms with Crippen molar-refractivity contribution in [1.29, 1.82) is 0 Å². The highest BCUT2D eigenvalue weighted by Gasteiger charge is 2.59. The Morgan fingerprint density at radius 3 is 2.44 bits per heavy atom. The van der Waals surface area contributed by atoms with Crippen LogP contribution in [0.1, 0.15) is 12.8 Å². The number of halogens is 1. The summed E-state index contributed by atoms with van der Waals surface area (Å²) < 4.78 is 5.54. The van der Waals surface area contributed by atoms with E-state index in [0.717, 1.165) is 10.2 Å². The third-order valence-electron chi connectivity index (χ3n) is 3.25. The van der Waals surface area contributed by atoms with E-state index in [1.165, 1.54) is 12.0 Å². The number of benzene rings is 1. The smallest absolute Gasteiger partial charge is 0.321 e. The quantitative estimate of drug-likeness (QED) is 0.636. The molecule has 0 spiro atoms. The summed E-state index contributed by atoms with van der Waals surface area (Å²) in [6.07, 6.45) is 1.13. The van der Waals surface area contributed by atoms with Crippen molar-refractivity contribution in [2.75, 3.05) is 19.1 Å². The van der Waals surface area contributed by atoms with Crippen molar-refractivity contribution < 1.29 is 14.3 Å². The molecule has 0 aliphatic heterocycles. The summed E-state index contributed by atoms with van der Waals surface area (Å²) in [4.78, 5) is 25.6. The lowest BCUT2D eigenvalue weighted by molar-refractivity contribution is -0.151. The topological polar surface area (TPSA) is 46.6 Å². The molecule has 0 bridgehead atoms. The van der Waals surface area contributed by atoms with Crippen molar-refractivity contribution in [2.45, 2.75) is 12.8 Å². The van der Waals surface area contributed by atoms with Gasteiger partial charge in [0, 0.05) is 11.5 Å². The van der Waals surface area contributed by atoms with Crippen LogP contribution in [0.4, 0.5) is 5.69 Å². The van der Waals surface area contributed by atoms with Gasteiger partial charge in [0.1, 0.15) is 5.41 Å². The molecule has 1 fully saturated rings. The number of ether oxygens (including phenoxy) is 1. The van der Waals surface area contributed by atoms with Gasteiger partial charge < -0.3 is 9.64 Å². The van der Waals surface area contributed by atoms with Gasteiger partial charge in [-0.25, -0.2) is 0 Å². The third kappa shape index (κ3) is 2.03. The van der Waals surface area contributed by atoms with Crippen molar-refractivity contribution in [3.63, 3.8) is 0 Å². The molecule has 1 aliphatic rings. The number of carbonyl (C=O) groups excluding carboxylic acids is 2. The second-order valence-corrected chi connectivity index (χ2v) is 5.24. The minimum Gasteiger partial charge on any atom is -0.468 e. The third-order valence-corrected chi connectivity index (χ3v) is 3.92. The van der Waals surface area contributed by atoms with E-state index in [1.807, 2.05) is 24.3 Å². The predicted molar refractivity (Wildman–Crippen MR) is 71.2 cm³/mol. The van der Waals surface area contributed by atoms with Gasteiger partial charge in [-0.3, -0.25) is 9.59 Å². The van der Waals surface area contributed by atoms with Crippen LogP contribution in [0.25, 0.3) is 0 Å². The molecule has 1 aromatic carbocycles. The van der Waals surface area contributed by atoms with Crippen molar-refractivity contribution in [1.82, 2.24) is 0 Å². The van der Waals surface area contributed by atoms with Crippen LogP contribution in [0.5, 0.6) is 0 Å². The first-order valence-electron chi connectivity index (χ1n) is 5.64. The Labute approximate surface area is 114 Å². The zero-order valence-electron chi connectivity index (χ0n) is 10.3. The predicted octanol–water partition coefficient (Wildman–Crippen LogP) is 2.37. The first kappa shape index (κ1) is 13.1. The van der Waals surface area contributed by atoms with Gasteiger partial charge in [-0.15, -0.1) is 0 Å². The molecule has 0 unspecified atom stereocenters. The van der Waals surface area contributed by atoms with E-state index < -0.39 is 11.4 Å². The van der Waals surface area contributed by atoms with Gasteiger partial charge in [-0.1, -0.05) is 12.1 Å². The zero-order chi connectivity index (χ0) is 13.3. The molecule has 0 aromatic heterocycles. The van der Waals surface area contributed by atoms with Crippen LogP contribution >= 0.6 is 15.9 Å². The van der Waals surface area contributed by atoms with E-state index in [1.54, 1.807) is 7.05 Å². The molecule has 18 heavy (non-hydrogen) atoms. The van der Waals surface area contributed by atoms with Crippen LogP contribution in [0, 0.1) is 5.41 Å². The summed E-state index contributed by atoms with van der Waals surface area (Å²) in [5.41, 5.74) is -0.212. The number of carbonyl (C=O) groups is 2. The first-order valence-corrected chi connectivity index (χ1v) is 6.43. The monoisotopic (exact) mass is 311 g/mol. The molecule has 0 radical (unpaired) electrons. The molecular weight excluding hydrogens is 298 g/mol. The number of hydrogen-bond acceptors (Lipinski definition) is 3. The standard InChI is InChI=1S/C13H14BrNO3/c1-15(10-6-4-3-5-9(10)14)11(16)13(7-8-13)12(17)18-2/h3-6H,7-8H2,1-2H3. The Kier molecular flexibility index (Phi) is 3.43. The van der Waals surface area contributed by atoms with Crippen molar-refractivity contribution in [3.05, 3.63) is 28.7 Å². The Hall–Kier alpha value is -1.36. The number of hydrogen-bond donors (Lipinski definition) is 0. The number of anilines is 1. The fourth-order valence-corrected chi connectivity index (χ4v) is 2.53. The van der Waals surface area contributed by atoms with Crippen LogP contribution in [-0.4, -0.2) is 26.0 Å². The number of methoxy groups -OCH3 is 1. The van der Waals surface area contributed by atoms with E-state index in [9.17, 15) is 9.59 Å². The lowest BCUT2D eigenvalue weighted by Crippen LogP contribution is -2.39. The molecule has 0 heterocycles. The summed E-state index contributed by atoms with van der Waals surface area (Å²) in [7, 11) is 2.99. The van der Waals surface area contributed by atoms with Gasteiger partial charge in [0.05, 0.1) is 12.8 Å². The highest BCUT2D eigenvalue weighted by Crippen LogP contribution is 2.49. The Balaban J connectivity index is 2.25. The average molecular weight is 312 g/mol. The highest BCUT2D eigenvalue weighted by molar-refractivity contribution is 9.10. The largest absolute Gasteiger partial charge is 0.468 e. The summed E-state index contributed by atoms with van der Waals surface area (Å²) in [6, 6.07) is 7.41. The van der Waals surface area contributed by atoms with Crippen LogP contribution in [0.3, 0.4) is 0 Å². The van der Waals surface area contributed by atoms with Gasteiger partial charge in [-0.05, 0) is 40.9 Å². The molecule has 5 heteroatoms. The normalized spacial score (nSPS) is 15.9. The SMILES string of the molecule is COC(=O)C1(C(=O)N(C)c2ccccc2Br)CC1. The zero-order valence-corrected chi connectivity index (χ0v) is 11.9. The molecule has 2 rings (SSSR count). The van der Waals surface area contributed by atoms with Crippen LogP contribution in [0.15, 0.2) is 28.7 Å². The van der Waals surface area contributed by atoms with Gasteiger partial charge in [0.25, 0.3) is 0 Å². The number of nitrogens with zero attached hydrogens (tertiary/aromatic N) is 1. The molecule has 96 valence electrons. The average Bonchev–Trinajstić information content (AvgIpc) is 3.18. The summed E-state index contributed by atoms with van der Waals surface area (Å²) >= 11 is 3.40. The van der Waals surface area contributed by atoms with Gasteiger partial charge in [0.2, 0.25) is 5.91 Å². The minimum absolute atomic E-state index is 0.207. The maximum Gasteiger partial charge on any atom is 0.321 e. The van der Waals surface area contributed by atoms with E-state index >= 15 is 0 Å². The van der Waals surface area contributed by atoms with Crippen LogP contribution in [-0.2, 0) is 14.3 Å². The summed E-state index contributed by atoms with van der Waals surface area (Å²) in [6.45, 7) is 0. The molecule has 1 aliphatic carbocycles. The molecule has 1 aromatic rings. The number of esters is 1. The lowest BCUT2D eigenvalue weighted by Gasteiger charge is -2.23. The maximum absolute atomic E-state index is 12.4. The van der Waals surface area contributed by atoms with E-state index in [2.05, 4.69) is 15.9 Å². The van der Waals surface area contributed by atoms with Gasteiger partial charge in [0.15, 0.2) is 0 Å². The first-order chi connectivity index (χ1) is 8.53. The fourth-order valence-electron chi connectivity index (χ4n) is 1.98. The van der Waals surface area contributed by atoms with Crippen LogP contribution < -0.4 is 4.90 Å². The van der Waals surface area contributed by atoms with Gasteiger partial charge in [-0.2, -0.15) is 0 Å². The summed E-state index contributed by atoms with van der Waals surface area (Å²) in [5, 5.41) is 0. The lowest BCUT2D eigenvalue weighted by atomic mass is 10.1. The molecule has 0 atom stereocenters. The van der Waals surface area contributed by atoms with Crippen molar-refractivity contribution >= 4 is 33.5 Å². The second kappa shape index (κ2) is 4.72. The van der Waals surface area contributed by atoms with E-state index in [4.69, 9.17) is 4.74 Å². The van der Waals surface area contributed by atoms with Crippen molar-refractivity contribution in [3.8, 4) is 0 Å². The molecular formula is C13H14BrNO3. The van der Waals surface area contributed by atoms with Crippen molar-refractivity contribution in [2.24, 2.45) is 5.41 Å². The maximum atomic E-state index is 12.4. The van der Waals surface area contributed by atoms with Crippen LogP contribution in [0.2, 0.25) is 0 Å². The number of amides is 1. The number of rotatable bonds is 3. The van der Waals surface area contributed by atoms with Gasteiger partial charge >= 0.3 is 5.97 Å². The molecule has 0 N–H and O–H groups in total. The Morgan fingerprint density at radius 2 is 1.94 bits per heavy atom. The summed E-state index contributed by atoms with van der Waals surface area (Å²) in [5.74, 6) is -0.646. The number of para-hydroxylation sites is 1. The molecule has 1 amide bonds. The Bertz CT molecular complexity index is 497. The van der Waals surface area contributed by atoms with E-state index in [0.29, 0.717) is 12.8 Å². The molecule has 4 nitrogen and oxygen atoms in total. The molecule has 1 saturated carbocycles. The highest BCUT2D eigenvalue weighted by atomic mass is 79.9. The fraction of sp³-hybridized carbons (Fsp3) is 0.385. The second-order valence-electron chi connectivity index (χ2n) is 4.39. The molecule has 0 saturated heterocycles. The Morgan fingerprint density at radius 1 is 1.33 bits per heavy atom.